The molecule has 2 unspecified atom stereocenters. The van der Waals surface area contributed by atoms with Gasteiger partial charge in [-0.05, 0) is 98.3 Å². The monoisotopic (exact) mass is 896 g/mol. The lowest BCUT2D eigenvalue weighted by molar-refractivity contribution is 0.362. The van der Waals surface area contributed by atoms with Gasteiger partial charge in [-0.25, -0.2) is 9.98 Å². The first-order chi connectivity index (χ1) is 34.6. The molecule has 1 aliphatic heterocycles. The maximum absolute atomic E-state index is 5.75. The average molecular weight is 897 g/mol. The number of hydrogen-bond donors (Lipinski definition) is 1. The zero-order valence-corrected chi connectivity index (χ0v) is 38.8. The summed E-state index contributed by atoms with van der Waals surface area (Å²) in [6.07, 6.45) is 9.65. The van der Waals surface area contributed by atoms with Gasteiger partial charge in [0.25, 0.3) is 0 Å². The van der Waals surface area contributed by atoms with Crippen LogP contribution in [0.5, 0.6) is 0 Å². The molecular weight excluding hydrogens is 849 g/mol. The molecular formula is C66H48N4. The SMILES string of the molecule is CC1(C2C=CC=CC2)N=C(c2ccc3c(c2)C(c2ccccc2)(c2ccccc2)c2ccccc2-3)NC(n2c3ccccc3c3ccc(C4(c5ccccc5)c5ccccc5-c5ccccc54)cc32)=N1. The normalized spacial score (nSPS) is 18.9. The van der Waals surface area contributed by atoms with Crippen molar-refractivity contribution in [2.45, 2.75) is 29.8 Å². The van der Waals surface area contributed by atoms with Crippen LogP contribution in [0.4, 0.5) is 0 Å². The Balaban J connectivity index is 0.999. The summed E-state index contributed by atoms with van der Waals surface area (Å²) in [5.41, 5.74) is 16.3. The van der Waals surface area contributed by atoms with Crippen molar-refractivity contribution in [3.05, 3.63) is 299 Å². The lowest BCUT2D eigenvalue weighted by Crippen LogP contribution is -2.47. The summed E-state index contributed by atoms with van der Waals surface area (Å²) in [6, 6.07) is 82.9. The largest absolute Gasteiger partial charge is 0.310 e. The van der Waals surface area contributed by atoms with Crippen molar-refractivity contribution in [2.24, 2.45) is 15.9 Å². The molecule has 4 heteroatoms. The number of nitrogens with zero attached hydrogens (tertiary/aromatic N) is 3. The Bertz CT molecular complexity index is 3770. The molecule has 0 saturated heterocycles. The Labute approximate surface area is 408 Å². The minimum Gasteiger partial charge on any atom is -0.310 e. The Kier molecular flexibility index (Phi) is 8.94. The van der Waals surface area contributed by atoms with E-state index in [1.807, 2.05) is 0 Å². The number of nitrogens with one attached hydrogen (secondary N) is 1. The van der Waals surface area contributed by atoms with Crippen molar-refractivity contribution >= 4 is 33.6 Å². The Hall–Kier alpha value is -8.60. The molecule has 1 N–H and O–H groups in total. The van der Waals surface area contributed by atoms with E-state index in [1.54, 1.807) is 0 Å². The van der Waals surface area contributed by atoms with Gasteiger partial charge in [-0.1, -0.05) is 231 Å². The van der Waals surface area contributed by atoms with Gasteiger partial charge in [0.15, 0.2) is 5.66 Å². The molecule has 4 aliphatic rings. The van der Waals surface area contributed by atoms with Crippen LogP contribution in [-0.2, 0) is 10.8 Å². The third kappa shape index (κ3) is 5.65. The van der Waals surface area contributed by atoms with Crippen LogP contribution < -0.4 is 5.32 Å². The highest BCUT2D eigenvalue weighted by Gasteiger charge is 2.48. The summed E-state index contributed by atoms with van der Waals surface area (Å²) < 4.78 is 2.37. The molecule has 2 atom stereocenters. The second-order valence-electron chi connectivity index (χ2n) is 19.3. The van der Waals surface area contributed by atoms with Gasteiger partial charge in [-0.15, -0.1) is 0 Å². The van der Waals surface area contributed by atoms with E-state index in [1.165, 1.54) is 77.5 Å². The van der Waals surface area contributed by atoms with Crippen LogP contribution >= 0.6 is 0 Å². The van der Waals surface area contributed by atoms with E-state index in [4.69, 9.17) is 9.98 Å². The predicted molar refractivity (Wildman–Crippen MR) is 288 cm³/mol. The lowest BCUT2D eigenvalue weighted by atomic mass is 9.67. The maximum Gasteiger partial charge on any atom is 0.211 e. The Morgan fingerprint density at radius 2 is 0.957 bits per heavy atom. The first-order valence-corrected chi connectivity index (χ1v) is 24.5. The number of fused-ring (bicyclic) bond motifs is 9. The van der Waals surface area contributed by atoms with Gasteiger partial charge in [0.2, 0.25) is 5.96 Å². The first-order valence-electron chi connectivity index (χ1n) is 24.5. The van der Waals surface area contributed by atoms with Crippen molar-refractivity contribution in [3.8, 4) is 22.3 Å². The molecule has 4 nitrogen and oxygen atoms in total. The molecule has 332 valence electrons. The van der Waals surface area contributed by atoms with Crippen LogP contribution in [0.2, 0.25) is 0 Å². The van der Waals surface area contributed by atoms with Gasteiger partial charge in [0.1, 0.15) is 5.84 Å². The van der Waals surface area contributed by atoms with E-state index >= 15 is 0 Å². The Morgan fingerprint density at radius 3 is 1.54 bits per heavy atom. The second-order valence-corrected chi connectivity index (χ2v) is 19.3. The number of para-hydroxylation sites is 1. The molecule has 70 heavy (non-hydrogen) atoms. The van der Waals surface area contributed by atoms with E-state index in [0.717, 1.165) is 34.8 Å². The third-order valence-electron chi connectivity index (χ3n) is 15.8. The summed E-state index contributed by atoms with van der Waals surface area (Å²) >= 11 is 0. The van der Waals surface area contributed by atoms with E-state index in [0.29, 0.717) is 0 Å². The smallest absolute Gasteiger partial charge is 0.211 e. The molecule has 0 amide bonds. The van der Waals surface area contributed by atoms with Gasteiger partial charge in [0.05, 0.1) is 21.9 Å². The molecule has 14 rings (SSSR count). The van der Waals surface area contributed by atoms with Gasteiger partial charge < -0.3 is 5.32 Å². The third-order valence-corrected chi connectivity index (χ3v) is 15.8. The van der Waals surface area contributed by atoms with Crippen LogP contribution in [-0.4, -0.2) is 22.0 Å². The average Bonchev–Trinajstić information content (AvgIpc) is 4.04. The fraction of sp³-hybridized carbons (Fsp3) is 0.0909. The number of allylic oxidation sites excluding steroid dienone is 3. The fourth-order valence-corrected chi connectivity index (χ4v) is 12.8. The van der Waals surface area contributed by atoms with Crippen molar-refractivity contribution in [1.29, 1.82) is 0 Å². The molecule has 0 radical (unpaired) electrons. The molecule has 3 aliphatic carbocycles. The molecule has 0 spiro atoms. The van der Waals surface area contributed by atoms with Crippen LogP contribution in [0.1, 0.15) is 63.4 Å². The van der Waals surface area contributed by atoms with Gasteiger partial charge in [0, 0.05) is 22.3 Å². The fourth-order valence-electron chi connectivity index (χ4n) is 12.8. The van der Waals surface area contributed by atoms with E-state index in [-0.39, 0.29) is 5.92 Å². The maximum atomic E-state index is 5.75. The topological polar surface area (TPSA) is 41.7 Å². The summed E-state index contributed by atoms with van der Waals surface area (Å²) in [5, 5.41) is 6.30. The highest BCUT2D eigenvalue weighted by molar-refractivity contribution is 6.19. The zero-order chi connectivity index (χ0) is 46.4. The lowest BCUT2D eigenvalue weighted by Gasteiger charge is -2.36. The highest BCUT2D eigenvalue weighted by Crippen LogP contribution is 2.58. The number of aliphatic imine (C=N–C) groups is 2. The number of amidine groups is 1. The summed E-state index contributed by atoms with van der Waals surface area (Å²) in [4.78, 5) is 11.5. The van der Waals surface area contributed by atoms with Crippen LogP contribution in [0.15, 0.2) is 259 Å². The first kappa shape index (κ1) is 40.5. The minimum atomic E-state index is -0.834. The number of aromatic nitrogens is 1. The van der Waals surface area contributed by atoms with E-state index < -0.39 is 16.5 Å². The number of benzene rings is 9. The standard InChI is InChI=1S/C66H48N4/c1-64(45-22-6-2-7-23-45)68-62(44-38-40-53-52-32-16-18-34-56(52)65(59(53)42-44,46-24-8-3-9-25-46)47-26-10-4-11-27-47)67-63(69-64)70-60-37-21-17-33-54(60)55-41-39-49(43-61(55)70)66(48-28-12-5-13-29-48)57-35-19-14-30-50(57)51-31-15-20-36-58(51)66/h2-22,24-43,45H,23H2,1H3,(H,67,68,69). The molecule has 9 aromatic carbocycles. The van der Waals surface area contributed by atoms with Crippen molar-refractivity contribution < 1.29 is 0 Å². The zero-order valence-electron chi connectivity index (χ0n) is 38.8. The van der Waals surface area contributed by atoms with Gasteiger partial charge in [-0.3, -0.25) is 4.57 Å². The molecule has 1 aromatic heterocycles. The van der Waals surface area contributed by atoms with Crippen LogP contribution in [0.3, 0.4) is 0 Å². The molecule has 0 bridgehead atoms. The summed E-state index contributed by atoms with van der Waals surface area (Å²) in [5.74, 6) is 1.58. The summed E-state index contributed by atoms with van der Waals surface area (Å²) in [6.45, 7) is 2.21. The number of rotatable bonds is 6. The molecule has 0 fully saturated rings. The second kappa shape index (κ2) is 15.5. The predicted octanol–water partition coefficient (Wildman–Crippen LogP) is 14.6. The van der Waals surface area contributed by atoms with Crippen molar-refractivity contribution in [3.63, 3.8) is 0 Å². The molecule has 2 heterocycles. The van der Waals surface area contributed by atoms with Crippen molar-refractivity contribution in [1.82, 2.24) is 9.88 Å². The summed E-state index contributed by atoms with van der Waals surface area (Å²) in [7, 11) is 0. The Morgan fingerprint density at radius 1 is 0.443 bits per heavy atom. The van der Waals surface area contributed by atoms with E-state index in [9.17, 15) is 0 Å². The quantitative estimate of drug-likeness (QED) is 0.178. The van der Waals surface area contributed by atoms with Crippen LogP contribution in [0.25, 0.3) is 44.1 Å². The minimum absolute atomic E-state index is 0.0347. The van der Waals surface area contributed by atoms with Crippen LogP contribution in [0, 0.1) is 5.92 Å². The van der Waals surface area contributed by atoms with Gasteiger partial charge in [-0.2, -0.15) is 0 Å². The number of hydrogen-bond acceptors (Lipinski definition) is 3. The van der Waals surface area contributed by atoms with Crippen molar-refractivity contribution in [2.75, 3.05) is 0 Å². The molecule has 0 saturated carbocycles. The van der Waals surface area contributed by atoms with Gasteiger partial charge >= 0.3 is 0 Å². The molecule has 10 aromatic rings. The van der Waals surface area contributed by atoms with E-state index in [2.05, 4.69) is 266 Å². The highest BCUT2D eigenvalue weighted by atomic mass is 15.3.